The highest BCUT2D eigenvalue weighted by Gasteiger charge is 2.07. The molecule has 0 radical (unpaired) electrons. The molecule has 24 heavy (non-hydrogen) atoms. The minimum Gasteiger partial charge on any atom is -0.250 e. The Labute approximate surface area is 144 Å². The second-order valence-electron chi connectivity index (χ2n) is 5.38. The van der Waals surface area contributed by atoms with E-state index in [1.165, 1.54) is 10.8 Å². The van der Waals surface area contributed by atoms with Crippen molar-refractivity contribution in [2.24, 2.45) is 5.10 Å². The van der Waals surface area contributed by atoms with E-state index in [1.54, 1.807) is 10.9 Å². The molecule has 1 N–H and O–H groups in total. The van der Waals surface area contributed by atoms with Gasteiger partial charge in [-0.25, -0.2) is 5.10 Å². The van der Waals surface area contributed by atoms with Crippen LogP contribution in [0.5, 0.6) is 0 Å². The van der Waals surface area contributed by atoms with Crippen LogP contribution in [0.2, 0.25) is 0 Å². The van der Waals surface area contributed by atoms with Gasteiger partial charge in [0.05, 0.1) is 6.21 Å². The molecule has 0 unspecified atom stereocenters. The molecule has 0 saturated heterocycles. The van der Waals surface area contributed by atoms with Crippen LogP contribution in [-0.2, 0) is 0 Å². The average molecular weight is 330 g/mol. The van der Waals surface area contributed by atoms with Gasteiger partial charge in [0.2, 0.25) is 4.77 Å². The zero-order valence-electron chi connectivity index (χ0n) is 12.8. The largest absolute Gasteiger partial charge is 0.250 e. The quantitative estimate of drug-likeness (QED) is 0.439. The van der Waals surface area contributed by atoms with Gasteiger partial charge in [0.15, 0.2) is 5.82 Å². The van der Waals surface area contributed by atoms with Crippen molar-refractivity contribution < 1.29 is 0 Å². The van der Waals surface area contributed by atoms with Crippen LogP contribution in [0.1, 0.15) is 5.56 Å². The van der Waals surface area contributed by atoms with Crippen LogP contribution in [0, 0.1) is 4.77 Å². The molecule has 1 aromatic heterocycles. The molecule has 5 heteroatoms. The molecule has 0 amide bonds. The third-order valence-electron chi connectivity index (χ3n) is 3.78. The fraction of sp³-hybridized carbons (Fsp3) is 0. The predicted molar refractivity (Wildman–Crippen MR) is 99.8 cm³/mol. The van der Waals surface area contributed by atoms with Gasteiger partial charge in [0, 0.05) is 5.56 Å². The fourth-order valence-electron chi connectivity index (χ4n) is 2.59. The third-order valence-corrected chi connectivity index (χ3v) is 4.04. The lowest BCUT2D eigenvalue weighted by molar-refractivity contribution is 0.871. The Kier molecular flexibility index (Phi) is 3.76. The van der Waals surface area contributed by atoms with E-state index in [-0.39, 0.29) is 0 Å². The number of H-pyrrole nitrogens is 1. The highest BCUT2D eigenvalue weighted by molar-refractivity contribution is 7.71. The number of benzene rings is 3. The smallest absolute Gasteiger partial charge is 0.216 e. The maximum atomic E-state index is 5.30. The summed E-state index contributed by atoms with van der Waals surface area (Å²) in [5, 5.41) is 14.0. The minimum atomic E-state index is 0.464. The lowest BCUT2D eigenvalue weighted by Crippen LogP contribution is -1.95. The van der Waals surface area contributed by atoms with Crippen LogP contribution in [0.4, 0.5) is 0 Å². The van der Waals surface area contributed by atoms with Gasteiger partial charge in [0.25, 0.3) is 0 Å². The van der Waals surface area contributed by atoms with Crippen LogP contribution in [0.15, 0.2) is 77.9 Å². The molecule has 0 spiro atoms. The molecule has 0 saturated carbocycles. The maximum absolute atomic E-state index is 5.30. The molecule has 0 aliphatic carbocycles. The standard InChI is InChI=1S/C19H14N4S/c24-19-22-21-18(16-7-2-1-3-8-16)23(19)20-13-14-10-11-15-6-4-5-9-17(15)12-14/h1-13H,(H,22,24)/b20-13+. The lowest BCUT2D eigenvalue weighted by Gasteiger charge is -2.01. The molecule has 4 aromatic rings. The molecule has 3 aromatic carbocycles. The topological polar surface area (TPSA) is 46.0 Å². The minimum absolute atomic E-state index is 0.464. The summed E-state index contributed by atoms with van der Waals surface area (Å²) in [6.45, 7) is 0. The number of nitrogens with zero attached hydrogens (tertiary/aromatic N) is 3. The molecule has 0 fully saturated rings. The number of hydrogen-bond donors (Lipinski definition) is 1. The second-order valence-corrected chi connectivity index (χ2v) is 5.77. The molecule has 0 bridgehead atoms. The van der Waals surface area contributed by atoms with E-state index in [0.717, 1.165) is 11.1 Å². The van der Waals surface area contributed by atoms with Crippen LogP contribution in [0.25, 0.3) is 22.2 Å². The summed E-state index contributed by atoms with van der Waals surface area (Å²) >= 11 is 5.30. The number of hydrogen-bond acceptors (Lipinski definition) is 3. The van der Waals surface area contributed by atoms with Crippen LogP contribution >= 0.6 is 12.2 Å². The molecule has 4 nitrogen and oxygen atoms in total. The molecule has 1 heterocycles. The normalized spacial score (nSPS) is 11.3. The van der Waals surface area contributed by atoms with Gasteiger partial charge in [0.1, 0.15) is 0 Å². The van der Waals surface area contributed by atoms with Gasteiger partial charge in [-0.05, 0) is 34.6 Å². The predicted octanol–water partition coefficient (Wildman–Crippen LogP) is 4.64. The SMILES string of the molecule is S=c1[nH]nc(-c2ccccc2)n1/N=C/c1ccc2ccccc2c1. The van der Waals surface area contributed by atoms with Gasteiger partial charge in [-0.15, -0.1) is 0 Å². The van der Waals surface area contributed by atoms with Crippen LogP contribution in [-0.4, -0.2) is 21.1 Å². The summed E-state index contributed by atoms with van der Waals surface area (Å²) in [6.07, 6.45) is 1.80. The Morgan fingerprint density at radius 1 is 0.917 bits per heavy atom. The van der Waals surface area contributed by atoms with Crippen molar-refractivity contribution in [2.75, 3.05) is 0 Å². The number of aromatic nitrogens is 3. The molecule has 4 rings (SSSR count). The summed E-state index contributed by atoms with van der Waals surface area (Å²) in [6, 6.07) is 24.3. The first-order valence-electron chi connectivity index (χ1n) is 7.57. The monoisotopic (exact) mass is 330 g/mol. The number of nitrogens with one attached hydrogen (secondary N) is 1. The van der Waals surface area contributed by atoms with Crippen molar-refractivity contribution >= 4 is 29.2 Å². The second kappa shape index (κ2) is 6.22. The van der Waals surface area contributed by atoms with Crippen molar-refractivity contribution in [1.29, 1.82) is 0 Å². The molecule has 116 valence electrons. The van der Waals surface area contributed by atoms with Crippen LogP contribution in [0.3, 0.4) is 0 Å². The first-order chi connectivity index (χ1) is 11.8. The van der Waals surface area contributed by atoms with Crippen molar-refractivity contribution in [3.05, 3.63) is 83.1 Å². The number of fused-ring (bicyclic) bond motifs is 1. The Bertz CT molecular complexity index is 1080. The fourth-order valence-corrected chi connectivity index (χ4v) is 2.76. The van der Waals surface area contributed by atoms with Crippen molar-refractivity contribution in [1.82, 2.24) is 14.9 Å². The van der Waals surface area contributed by atoms with E-state index in [0.29, 0.717) is 10.6 Å². The Hall–Kier alpha value is -3.05. The number of aromatic amines is 1. The average Bonchev–Trinajstić information content (AvgIpc) is 3.01. The van der Waals surface area contributed by atoms with Crippen molar-refractivity contribution in [2.45, 2.75) is 0 Å². The van der Waals surface area contributed by atoms with E-state index < -0.39 is 0 Å². The third kappa shape index (κ3) is 2.77. The molecular formula is C19H14N4S. The first kappa shape index (κ1) is 14.5. The molecular weight excluding hydrogens is 316 g/mol. The Morgan fingerprint density at radius 3 is 2.50 bits per heavy atom. The van der Waals surface area contributed by atoms with Crippen LogP contribution < -0.4 is 0 Å². The van der Waals surface area contributed by atoms with Gasteiger partial charge in [-0.3, -0.25) is 0 Å². The summed E-state index contributed by atoms with van der Waals surface area (Å²) in [5.74, 6) is 0.692. The molecule has 0 aliphatic rings. The first-order valence-corrected chi connectivity index (χ1v) is 7.98. The Morgan fingerprint density at radius 2 is 1.67 bits per heavy atom. The van der Waals surface area contributed by atoms with E-state index in [9.17, 15) is 0 Å². The van der Waals surface area contributed by atoms with E-state index in [4.69, 9.17) is 12.2 Å². The summed E-state index contributed by atoms with van der Waals surface area (Å²) < 4.78 is 2.10. The molecule has 0 aliphatic heterocycles. The molecule has 0 atom stereocenters. The number of rotatable bonds is 3. The van der Waals surface area contributed by atoms with E-state index in [1.807, 2.05) is 48.5 Å². The lowest BCUT2D eigenvalue weighted by atomic mass is 10.1. The van der Waals surface area contributed by atoms with Crippen molar-refractivity contribution in [3.63, 3.8) is 0 Å². The maximum Gasteiger partial charge on any atom is 0.216 e. The van der Waals surface area contributed by atoms with Crippen molar-refractivity contribution in [3.8, 4) is 11.4 Å². The van der Waals surface area contributed by atoms with E-state index in [2.05, 4.69) is 39.6 Å². The van der Waals surface area contributed by atoms with E-state index >= 15 is 0 Å². The highest BCUT2D eigenvalue weighted by atomic mass is 32.1. The summed E-state index contributed by atoms with van der Waals surface area (Å²) in [7, 11) is 0. The van der Waals surface area contributed by atoms with Gasteiger partial charge < -0.3 is 0 Å². The van der Waals surface area contributed by atoms with Gasteiger partial charge >= 0.3 is 0 Å². The summed E-state index contributed by atoms with van der Waals surface area (Å²) in [4.78, 5) is 0. The zero-order valence-corrected chi connectivity index (χ0v) is 13.6. The summed E-state index contributed by atoms with van der Waals surface area (Å²) in [5.41, 5.74) is 1.97. The van der Waals surface area contributed by atoms with Gasteiger partial charge in [-0.2, -0.15) is 14.9 Å². The highest BCUT2D eigenvalue weighted by Crippen LogP contribution is 2.17. The zero-order chi connectivity index (χ0) is 16.4. The Balaban J connectivity index is 1.73. The van der Waals surface area contributed by atoms with Gasteiger partial charge in [-0.1, -0.05) is 66.7 Å².